The third kappa shape index (κ3) is 5.35. The molecular formula is C4H9F3O2PSi+. The van der Waals surface area contributed by atoms with Gasteiger partial charge in [-0.15, -0.1) is 13.2 Å². The zero-order valence-corrected chi connectivity index (χ0v) is 8.29. The maximum atomic E-state index is 11.6. The van der Waals surface area contributed by atoms with Gasteiger partial charge in [-0.05, 0) is 24.2 Å². The van der Waals surface area contributed by atoms with Crippen molar-refractivity contribution in [2.75, 3.05) is 0 Å². The Morgan fingerprint density at radius 3 is 1.73 bits per heavy atom. The standard InChI is InChI=1S/C4H9F3O2PSi/c1-11(2,3)9-10(8)4(5,6)7/h1-3H3/q+1. The van der Waals surface area contributed by atoms with Crippen molar-refractivity contribution in [1.29, 1.82) is 0 Å². The highest BCUT2D eigenvalue weighted by Gasteiger charge is 2.57. The third-order valence-corrected chi connectivity index (χ3v) is 3.83. The molecule has 0 saturated carbocycles. The molecule has 66 valence electrons. The van der Waals surface area contributed by atoms with Crippen LogP contribution in [0.4, 0.5) is 13.2 Å². The Morgan fingerprint density at radius 1 is 1.27 bits per heavy atom. The second kappa shape index (κ2) is 3.21. The van der Waals surface area contributed by atoms with E-state index in [4.69, 9.17) is 0 Å². The molecule has 0 spiro atoms. The first-order valence-corrected chi connectivity index (χ1v) is 7.45. The van der Waals surface area contributed by atoms with Gasteiger partial charge in [-0.25, -0.2) is 0 Å². The molecule has 0 aromatic heterocycles. The van der Waals surface area contributed by atoms with Crippen LogP contribution in [-0.4, -0.2) is 14.2 Å². The summed E-state index contributed by atoms with van der Waals surface area (Å²) in [6.07, 6.45) is 0. The van der Waals surface area contributed by atoms with Crippen LogP contribution in [0.15, 0.2) is 0 Å². The number of halogens is 3. The molecule has 2 nitrogen and oxygen atoms in total. The Kier molecular flexibility index (Phi) is 3.23. The van der Waals surface area contributed by atoms with Crippen molar-refractivity contribution in [3.05, 3.63) is 0 Å². The van der Waals surface area contributed by atoms with E-state index in [0.717, 1.165) is 0 Å². The van der Waals surface area contributed by atoms with Gasteiger partial charge in [-0.1, -0.05) is 0 Å². The Bertz CT molecular complexity index is 162. The largest absolute Gasteiger partial charge is 0.638 e. The van der Waals surface area contributed by atoms with Crippen molar-refractivity contribution >= 4 is 16.3 Å². The summed E-state index contributed by atoms with van der Waals surface area (Å²) >= 11 is 0. The summed E-state index contributed by atoms with van der Waals surface area (Å²) in [4.78, 5) is 0. The smallest absolute Gasteiger partial charge is 0.195 e. The van der Waals surface area contributed by atoms with E-state index in [1.807, 2.05) is 0 Å². The SMILES string of the molecule is C[Si](C)(C)O[P+](=O)C(F)(F)F. The Morgan fingerprint density at radius 2 is 1.64 bits per heavy atom. The molecule has 0 N–H and O–H groups in total. The minimum atomic E-state index is -4.71. The van der Waals surface area contributed by atoms with Crippen LogP contribution >= 0.6 is 8.03 Å². The summed E-state index contributed by atoms with van der Waals surface area (Å²) in [6, 6.07) is 0. The van der Waals surface area contributed by atoms with E-state index < -0.39 is 22.3 Å². The van der Waals surface area contributed by atoms with E-state index in [1.54, 1.807) is 19.6 Å². The molecule has 0 heterocycles. The molecule has 0 radical (unpaired) electrons. The van der Waals surface area contributed by atoms with E-state index in [1.165, 1.54) is 0 Å². The lowest BCUT2D eigenvalue weighted by molar-refractivity contribution is -0.0492. The topological polar surface area (TPSA) is 26.3 Å². The van der Waals surface area contributed by atoms with Gasteiger partial charge in [0.25, 0.3) is 8.32 Å². The van der Waals surface area contributed by atoms with Crippen LogP contribution in [0, 0.1) is 0 Å². The molecule has 0 bridgehead atoms. The summed E-state index contributed by atoms with van der Waals surface area (Å²) < 4.78 is 49.4. The second-order valence-corrected chi connectivity index (χ2v) is 8.90. The van der Waals surface area contributed by atoms with Crippen molar-refractivity contribution < 1.29 is 21.9 Å². The molecule has 0 amide bonds. The lowest BCUT2D eigenvalue weighted by atomic mass is 11.6. The quantitative estimate of drug-likeness (QED) is 0.511. The van der Waals surface area contributed by atoms with E-state index in [-0.39, 0.29) is 0 Å². The molecule has 0 fully saturated rings. The lowest BCUT2D eigenvalue weighted by Gasteiger charge is -2.05. The van der Waals surface area contributed by atoms with Crippen molar-refractivity contribution in [2.45, 2.75) is 25.6 Å². The Hall–Kier alpha value is 0.0669. The summed E-state index contributed by atoms with van der Waals surface area (Å²) in [5.41, 5.74) is 0. The van der Waals surface area contributed by atoms with Gasteiger partial charge in [0.05, 0.1) is 0 Å². The molecule has 1 atom stereocenters. The number of rotatable bonds is 2. The first-order chi connectivity index (χ1) is 4.63. The highest BCUT2D eigenvalue weighted by Crippen LogP contribution is 2.45. The van der Waals surface area contributed by atoms with Gasteiger partial charge in [-0.3, -0.25) is 0 Å². The predicted molar refractivity (Wildman–Crippen MR) is 38.1 cm³/mol. The molecule has 0 aliphatic carbocycles. The fourth-order valence-corrected chi connectivity index (χ4v) is 2.70. The summed E-state index contributed by atoms with van der Waals surface area (Å²) in [7, 11) is -5.83. The van der Waals surface area contributed by atoms with E-state index >= 15 is 0 Å². The fourth-order valence-electron chi connectivity index (χ4n) is 0.300. The fraction of sp³-hybridized carbons (Fsp3) is 1.00. The first-order valence-electron chi connectivity index (χ1n) is 2.86. The minimum Gasteiger partial charge on any atom is -0.195 e. The molecule has 0 rings (SSSR count). The maximum Gasteiger partial charge on any atom is 0.638 e. The van der Waals surface area contributed by atoms with Crippen LogP contribution in [0.2, 0.25) is 19.6 Å². The van der Waals surface area contributed by atoms with Crippen molar-refractivity contribution in [1.82, 2.24) is 0 Å². The van der Waals surface area contributed by atoms with E-state index in [2.05, 4.69) is 4.21 Å². The monoisotopic (exact) mass is 205 g/mol. The van der Waals surface area contributed by atoms with Gasteiger partial charge in [0, 0.05) is 0 Å². The highest BCUT2D eigenvalue weighted by molar-refractivity contribution is 7.42. The summed E-state index contributed by atoms with van der Waals surface area (Å²) in [5, 5.41) is 0. The summed E-state index contributed by atoms with van der Waals surface area (Å²) in [6.45, 7) is 4.64. The minimum absolute atomic E-state index is 1.55. The predicted octanol–water partition coefficient (Wildman–Crippen LogP) is 3.10. The van der Waals surface area contributed by atoms with E-state index in [9.17, 15) is 17.7 Å². The number of alkyl halides is 3. The molecule has 0 aliphatic rings. The number of hydrogen-bond acceptors (Lipinski definition) is 2. The number of hydrogen-bond donors (Lipinski definition) is 0. The normalized spacial score (nSPS) is 14.9. The van der Waals surface area contributed by atoms with Crippen molar-refractivity contribution in [2.24, 2.45) is 0 Å². The van der Waals surface area contributed by atoms with Crippen LogP contribution in [-0.2, 0) is 8.78 Å². The summed E-state index contributed by atoms with van der Waals surface area (Å²) in [5.74, 6) is -4.71. The first kappa shape index (κ1) is 11.1. The zero-order chi connectivity index (χ0) is 9.28. The Balaban J connectivity index is 4.11. The van der Waals surface area contributed by atoms with Gasteiger partial charge >= 0.3 is 13.9 Å². The average molecular weight is 205 g/mol. The highest BCUT2D eigenvalue weighted by atomic mass is 31.1. The molecule has 0 saturated heterocycles. The third-order valence-electron chi connectivity index (χ3n) is 0.564. The maximum absolute atomic E-state index is 11.6. The van der Waals surface area contributed by atoms with Gasteiger partial charge in [-0.2, -0.15) is 4.21 Å². The average Bonchev–Trinajstić information content (AvgIpc) is 1.56. The van der Waals surface area contributed by atoms with Crippen molar-refractivity contribution in [3.8, 4) is 0 Å². The van der Waals surface area contributed by atoms with Crippen molar-refractivity contribution in [3.63, 3.8) is 0 Å². The molecular weight excluding hydrogens is 196 g/mol. The molecule has 11 heavy (non-hydrogen) atoms. The molecule has 1 unspecified atom stereocenters. The van der Waals surface area contributed by atoms with Crippen LogP contribution in [0.25, 0.3) is 0 Å². The van der Waals surface area contributed by atoms with Crippen LogP contribution in [0.5, 0.6) is 0 Å². The molecule has 7 heteroatoms. The van der Waals surface area contributed by atoms with Gasteiger partial charge in [0.1, 0.15) is 0 Å². The van der Waals surface area contributed by atoms with Crippen LogP contribution < -0.4 is 0 Å². The van der Waals surface area contributed by atoms with Gasteiger partial charge < -0.3 is 0 Å². The lowest BCUT2D eigenvalue weighted by Crippen LogP contribution is -2.23. The second-order valence-electron chi connectivity index (χ2n) is 2.93. The van der Waals surface area contributed by atoms with Crippen LogP contribution in [0.3, 0.4) is 0 Å². The molecule has 0 aromatic rings. The van der Waals surface area contributed by atoms with Gasteiger partial charge in [0.2, 0.25) is 0 Å². The van der Waals surface area contributed by atoms with E-state index in [0.29, 0.717) is 0 Å². The van der Waals surface area contributed by atoms with Gasteiger partial charge in [0.15, 0.2) is 0 Å². The molecule has 0 aromatic carbocycles. The zero-order valence-electron chi connectivity index (χ0n) is 6.40. The van der Waals surface area contributed by atoms with Crippen LogP contribution in [0.1, 0.15) is 0 Å². The Labute approximate surface area is 64.7 Å². The molecule has 0 aliphatic heterocycles.